The number of hydrogen-bond acceptors (Lipinski definition) is 3. The van der Waals surface area contributed by atoms with Crippen LogP contribution >= 0.6 is 23.4 Å². The van der Waals surface area contributed by atoms with Crippen LogP contribution in [0.3, 0.4) is 0 Å². The van der Waals surface area contributed by atoms with Gasteiger partial charge in [0, 0.05) is 23.4 Å². The standard InChI is InChI=1S/C25H33ClN2O2S/c1-6-19(4)27-25(30)20(5)28(14-22-9-7-8-10-23(22)26)24(29)16-31-15-21-12-17(2)11-18(3)13-21/h7-13,19-20H,6,14-16H2,1-5H3,(H,27,30)/t19-,20-/m1/s1. The van der Waals surface area contributed by atoms with Crippen LogP contribution in [0, 0.1) is 13.8 Å². The van der Waals surface area contributed by atoms with E-state index in [1.54, 1.807) is 29.7 Å². The van der Waals surface area contributed by atoms with Crippen molar-refractivity contribution in [3.8, 4) is 0 Å². The van der Waals surface area contributed by atoms with E-state index in [1.807, 2.05) is 32.0 Å². The number of rotatable bonds is 10. The summed E-state index contributed by atoms with van der Waals surface area (Å²) in [7, 11) is 0. The molecule has 0 aliphatic carbocycles. The Hall–Kier alpha value is -1.98. The molecule has 0 unspecified atom stereocenters. The Morgan fingerprint density at radius 2 is 1.74 bits per heavy atom. The molecule has 2 amide bonds. The first-order valence-corrected chi connectivity index (χ1v) is 12.2. The summed E-state index contributed by atoms with van der Waals surface area (Å²) in [6.07, 6.45) is 0.836. The number of carbonyl (C=O) groups excluding carboxylic acids is 2. The first-order chi connectivity index (χ1) is 14.7. The number of hydrogen-bond donors (Lipinski definition) is 1. The maximum atomic E-state index is 13.2. The molecule has 0 bridgehead atoms. The van der Waals surface area contributed by atoms with E-state index in [4.69, 9.17) is 11.6 Å². The number of nitrogens with zero attached hydrogens (tertiary/aromatic N) is 1. The lowest BCUT2D eigenvalue weighted by molar-refractivity contribution is -0.138. The first kappa shape index (κ1) is 25.3. The number of halogens is 1. The van der Waals surface area contributed by atoms with Crippen molar-refractivity contribution in [3.05, 3.63) is 69.7 Å². The zero-order valence-electron chi connectivity index (χ0n) is 19.1. The molecule has 168 valence electrons. The highest BCUT2D eigenvalue weighted by Crippen LogP contribution is 2.21. The maximum Gasteiger partial charge on any atom is 0.242 e. The fourth-order valence-electron chi connectivity index (χ4n) is 3.35. The molecule has 1 N–H and O–H groups in total. The van der Waals surface area contributed by atoms with Crippen LogP contribution in [0.25, 0.3) is 0 Å². The van der Waals surface area contributed by atoms with Crippen molar-refractivity contribution < 1.29 is 9.59 Å². The molecule has 2 aromatic rings. The number of nitrogens with one attached hydrogen (secondary N) is 1. The second kappa shape index (κ2) is 12.2. The van der Waals surface area contributed by atoms with E-state index in [1.165, 1.54) is 16.7 Å². The molecule has 6 heteroatoms. The Morgan fingerprint density at radius 3 is 2.35 bits per heavy atom. The molecule has 0 aromatic heterocycles. The third-order valence-corrected chi connectivity index (χ3v) is 6.60. The zero-order valence-corrected chi connectivity index (χ0v) is 20.6. The van der Waals surface area contributed by atoms with Crippen LogP contribution in [0.4, 0.5) is 0 Å². The predicted molar refractivity (Wildman–Crippen MR) is 131 cm³/mol. The van der Waals surface area contributed by atoms with Crippen molar-refractivity contribution in [1.82, 2.24) is 10.2 Å². The van der Waals surface area contributed by atoms with Crippen LogP contribution in [0.1, 0.15) is 49.4 Å². The van der Waals surface area contributed by atoms with Crippen molar-refractivity contribution in [2.45, 2.75) is 65.4 Å². The summed E-state index contributed by atoms with van der Waals surface area (Å²) in [5.74, 6) is 0.843. The van der Waals surface area contributed by atoms with Gasteiger partial charge in [0.15, 0.2) is 0 Å². The Morgan fingerprint density at radius 1 is 1.10 bits per heavy atom. The van der Waals surface area contributed by atoms with Gasteiger partial charge in [-0.25, -0.2) is 0 Å². The summed E-state index contributed by atoms with van der Waals surface area (Å²) in [5, 5.41) is 3.58. The van der Waals surface area contributed by atoms with Gasteiger partial charge < -0.3 is 10.2 Å². The van der Waals surface area contributed by atoms with E-state index in [-0.39, 0.29) is 17.9 Å². The molecule has 0 aliphatic rings. The van der Waals surface area contributed by atoms with Crippen molar-refractivity contribution in [3.63, 3.8) is 0 Å². The number of benzene rings is 2. The molecule has 0 aliphatic heterocycles. The molecular weight excluding hydrogens is 428 g/mol. The van der Waals surface area contributed by atoms with Crippen LogP contribution in [0.2, 0.25) is 5.02 Å². The summed E-state index contributed by atoms with van der Waals surface area (Å²) >= 11 is 7.90. The first-order valence-electron chi connectivity index (χ1n) is 10.7. The molecule has 0 heterocycles. The van der Waals surface area contributed by atoms with Gasteiger partial charge in [0.2, 0.25) is 11.8 Å². The fourth-order valence-corrected chi connectivity index (χ4v) is 4.39. The number of thioether (sulfide) groups is 1. The van der Waals surface area contributed by atoms with Crippen molar-refractivity contribution >= 4 is 35.2 Å². The highest BCUT2D eigenvalue weighted by molar-refractivity contribution is 7.99. The highest BCUT2D eigenvalue weighted by Gasteiger charge is 2.27. The van der Waals surface area contributed by atoms with Gasteiger partial charge in [-0.15, -0.1) is 11.8 Å². The van der Waals surface area contributed by atoms with Crippen LogP contribution in [0.15, 0.2) is 42.5 Å². The molecule has 0 fully saturated rings. The fraction of sp³-hybridized carbons (Fsp3) is 0.440. The number of aryl methyl sites for hydroxylation is 2. The van der Waals surface area contributed by atoms with Gasteiger partial charge in [-0.2, -0.15) is 0 Å². The monoisotopic (exact) mass is 460 g/mol. The summed E-state index contributed by atoms with van der Waals surface area (Å²) < 4.78 is 0. The molecule has 2 rings (SSSR count). The lowest BCUT2D eigenvalue weighted by Gasteiger charge is -2.30. The van der Waals surface area contributed by atoms with Gasteiger partial charge in [-0.05, 0) is 51.3 Å². The molecule has 0 radical (unpaired) electrons. The Bertz CT molecular complexity index is 883. The molecule has 0 saturated carbocycles. The molecule has 0 saturated heterocycles. The second-order valence-corrected chi connectivity index (χ2v) is 9.49. The molecule has 2 atom stereocenters. The third-order valence-electron chi connectivity index (χ3n) is 5.24. The van der Waals surface area contributed by atoms with E-state index in [2.05, 4.69) is 37.4 Å². The number of carbonyl (C=O) groups is 2. The van der Waals surface area contributed by atoms with Crippen molar-refractivity contribution in [2.24, 2.45) is 0 Å². The third kappa shape index (κ3) is 7.89. The van der Waals surface area contributed by atoms with E-state index in [9.17, 15) is 9.59 Å². The van der Waals surface area contributed by atoms with E-state index in [0.29, 0.717) is 17.3 Å². The van der Waals surface area contributed by atoms with Gasteiger partial charge in [0.25, 0.3) is 0 Å². The molecule has 31 heavy (non-hydrogen) atoms. The minimum Gasteiger partial charge on any atom is -0.352 e. The second-order valence-electron chi connectivity index (χ2n) is 8.10. The molecular formula is C25H33ClN2O2S. The van der Waals surface area contributed by atoms with Gasteiger partial charge in [-0.3, -0.25) is 9.59 Å². The highest BCUT2D eigenvalue weighted by atomic mass is 35.5. The Kier molecular flexibility index (Phi) is 9.92. The zero-order chi connectivity index (χ0) is 23.0. The normalized spacial score (nSPS) is 12.8. The van der Waals surface area contributed by atoms with Crippen LogP contribution in [0.5, 0.6) is 0 Å². The Labute approximate surface area is 195 Å². The average molecular weight is 461 g/mol. The van der Waals surface area contributed by atoms with Crippen molar-refractivity contribution in [2.75, 3.05) is 5.75 Å². The summed E-state index contributed by atoms with van der Waals surface area (Å²) in [6.45, 7) is 10.2. The van der Waals surface area contributed by atoms with Gasteiger partial charge >= 0.3 is 0 Å². The molecule has 2 aromatic carbocycles. The summed E-state index contributed by atoms with van der Waals surface area (Å²) in [4.78, 5) is 27.6. The van der Waals surface area contributed by atoms with Gasteiger partial charge in [-0.1, -0.05) is 66.0 Å². The largest absolute Gasteiger partial charge is 0.352 e. The van der Waals surface area contributed by atoms with E-state index >= 15 is 0 Å². The SMILES string of the molecule is CC[C@@H](C)NC(=O)[C@@H](C)N(Cc1ccccc1Cl)C(=O)CSCc1cc(C)cc(C)c1. The maximum absolute atomic E-state index is 13.2. The topological polar surface area (TPSA) is 49.4 Å². The summed E-state index contributed by atoms with van der Waals surface area (Å²) in [5.41, 5.74) is 4.48. The van der Waals surface area contributed by atoms with Crippen LogP contribution in [-0.2, 0) is 21.9 Å². The Balaban J connectivity index is 2.11. The minimum absolute atomic E-state index is 0.0613. The van der Waals surface area contributed by atoms with Crippen molar-refractivity contribution in [1.29, 1.82) is 0 Å². The molecule has 4 nitrogen and oxygen atoms in total. The van der Waals surface area contributed by atoms with Gasteiger partial charge in [0.05, 0.1) is 5.75 Å². The van der Waals surface area contributed by atoms with Crippen LogP contribution in [-0.4, -0.2) is 34.6 Å². The predicted octanol–water partition coefficient (Wildman–Crippen LogP) is 5.52. The lowest BCUT2D eigenvalue weighted by Crippen LogP contribution is -2.50. The smallest absolute Gasteiger partial charge is 0.242 e. The minimum atomic E-state index is -0.584. The van der Waals surface area contributed by atoms with E-state index in [0.717, 1.165) is 17.7 Å². The van der Waals surface area contributed by atoms with Gasteiger partial charge in [0.1, 0.15) is 6.04 Å². The van der Waals surface area contributed by atoms with E-state index < -0.39 is 6.04 Å². The van der Waals surface area contributed by atoms with Crippen LogP contribution < -0.4 is 5.32 Å². The summed E-state index contributed by atoms with van der Waals surface area (Å²) in [6, 6.07) is 13.4. The molecule has 0 spiro atoms. The average Bonchev–Trinajstić information content (AvgIpc) is 2.71. The lowest BCUT2D eigenvalue weighted by atomic mass is 10.1. The quantitative estimate of drug-likeness (QED) is 0.507. The number of amides is 2.